The number of H-pyrrole nitrogens is 1. The summed E-state index contributed by atoms with van der Waals surface area (Å²) in [6.07, 6.45) is 1.06. The molecule has 1 aliphatic heterocycles. The van der Waals surface area contributed by atoms with Crippen LogP contribution in [0, 0.1) is 0 Å². The van der Waals surface area contributed by atoms with Crippen LogP contribution < -0.4 is 14.8 Å². The minimum Gasteiger partial charge on any atom is -0.496 e. The summed E-state index contributed by atoms with van der Waals surface area (Å²) in [5.74, 6) is -1.23. The van der Waals surface area contributed by atoms with E-state index in [2.05, 4.69) is 20.0 Å². The molecular formula is C19H18N4O6S. The molecule has 3 N–H and O–H groups in total. The third-order valence-electron chi connectivity index (χ3n) is 4.68. The van der Waals surface area contributed by atoms with E-state index in [1.165, 1.54) is 14.2 Å². The van der Waals surface area contributed by atoms with Gasteiger partial charge in [-0.2, -0.15) is 0 Å². The first-order chi connectivity index (χ1) is 14.2. The van der Waals surface area contributed by atoms with Crippen LogP contribution in [0.25, 0.3) is 22.4 Å². The number of carbonyl (C=O) groups is 2. The molecule has 0 saturated carbocycles. The van der Waals surface area contributed by atoms with E-state index in [0.29, 0.717) is 45.1 Å². The number of nitrogens with zero attached hydrogens (tertiary/aromatic N) is 1. The number of methoxy groups -OCH3 is 2. The predicted molar refractivity (Wildman–Crippen MR) is 110 cm³/mol. The molecule has 0 aliphatic carbocycles. The van der Waals surface area contributed by atoms with Gasteiger partial charge in [0.2, 0.25) is 15.9 Å². The van der Waals surface area contributed by atoms with Crippen LogP contribution in [0.15, 0.2) is 30.3 Å². The summed E-state index contributed by atoms with van der Waals surface area (Å²) in [7, 11) is -0.728. The maximum Gasteiger partial charge on any atom is 0.322 e. The summed E-state index contributed by atoms with van der Waals surface area (Å²) in [6, 6.07) is 8.19. The zero-order chi connectivity index (χ0) is 21.6. The third kappa shape index (κ3) is 3.43. The van der Waals surface area contributed by atoms with E-state index in [9.17, 15) is 18.0 Å². The number of anilines is 2. The van der Waals surface area contributed by atoms with Gasteiger partial charge in [0.25, 0.3) is 0 Å². The van der Waals surface area contributed by atoms with Gasteiger partial charge in [0.05, 0.1) is 42.8 Å². The number of fused-ring (bicyclic) bond motifs is 2. The van der Waals surface area contributed by atoms with Crippen molar-refractivity contribution in [3.05, 3.63) is 35.9 Å². The van der Waals surface area contributed by atoms with Crippen molar-refractivity contribution in [1.82, 2.24) is 9.97 Å². The molecule has 1 atom stereocenters. The highest BCUT2D eigenvalue weighted by atomic mass is 32.2. The van der Waals surface area contributed by atoms with E-state index >= 15 is 0 Å². The molecular weight excluding hydrogens is 412 g/mol. The van der Waals surface area contributed by atoms with Gasteiger partial charge in [-0.3, -0.25) is 14.3 Å². The monoisotopic (exact) mass is 430 g/mol. The van der Waals surface area contributed by atoms with Gasteiger partial charge in [-0.25, -0.2) is 13.4 Å². The van der Waals surface area contributed by atoms with Gasteiger partial charge in [0.15, 0.2) is 5.92 Å². The average Bonchev–Trinajstić information content (AvgIpc) is 3.23. The molecule has 1 unspecified atom stereocenters. The molecule has 156 valence electrons. The fourth-order valence-corrected chi connectivity index (χ4v) is 3.97. The largest absolute Gasteiger partial charge is 0.496 e. The fraction of sp³-hybridized carbons (Fsp3) is 0.211. The first-order valence-corrected chi connectivity index (χ1v) is 10.7. The molecule has 4 rings (SSSR count). The smallest absolute Gasteiger partial charge is 0.322 e. The van der Waals surface area contributed by atoms with E-state index in [1.807, 2.05) is 0 Å². The summed E-state index contributed by atoms with van der Waals surface area (Å²) in [5.41, 5.74) is 3.18. The Kier molecular flexibility index (Phi) is 4.61. The number of ether oxygens (including phenoxy) is 2. The van der Waals surface area contributed by atoms with Crippen LogP contribution in [0.4, 0.5) is 11.4 Å². The first-order valence-electron chi connectivity index (χ1n) is 8.78. The Labute approximate surface area is 171 Å². The SMILES string of the molecule is COC(=O)C1C(=O)Nc2cc3[nH]c(-c4ccc(NS(C)(=O)=O)cc4OC)nc3cc21. The molecule has 11 heteroatoms. The lowest BCUT2D eigenvalue weighted by molar-refractivity contribution is -0.144. The minimum absolute atomic E-state index is 0.358. The lowest BCUT2D eigenvalue weighted by Gasteiger charge is -2.09. The van der Waals surface area contributed by atoms with E-state index in [-0.39, 0.29) is 0 Å². The molecule has 1 amide bonds. The summed E-state index contributed by atoms with van der Waals surface area (Å²) < 4.78 is 35.4. The Bertz CT molecular complexity index is 1300. The second-order valence-electron chi connectivity index (χ2n) is 6.78. The number of aromatic nitrogens is 2. The molecule has 1 aromatic heterocycles. The molecule has 0 radical (unpaired) electrons. The molecule has 0 fully saturated rings. The summed E-state index contributed by atoms with van der Waals surface area (Å²) in [5, 5.41) is 2.68. The molecule has 3 aromatic rings. The van der Waals surface area contributed by atoms with E-state index < -0.39 is 27.8 Å². The molecule has 0 bridgehead atoms. The number of amides is 1. The number of rotatable bonds is 5. The molecule has 10 nitrogen and oxygen atoms in total. The number of hydrogen-bond donors (Lipinski definition) is 3. The molecule has 0 saturated heterocycles. The van der Waals surface area contributed by atoms with Crippen LogP contribution >= 0.6 is 0 Å². The zero-order valence-corrected chi connectivity index (χ0v) is 17.1. The highest BCUT2D eigenvalue weighted by Crippen LogP contribution is 2.38. The van der Waals surface area contributed by atoms with Crippen LogP contribution in [0.3, 0.4) is 0 Å². The first kappa shape index (κ1) is 19.7. The van der Waals surface area contributed by atoms with E-state index in [4.69, 9.17) is 9.47 Å². The fourth-order valence-electron chi connectivity index (χ4n) is 3.41. The van der Waals surface area contributed by atoms with Gasteiger partial charge in [0.1, 0.15) is 11.6 Å². The normalized spacial score (nSPS) is 15.6. The number of hydrogen-bond acceptors (Lipinski definition) is 7. The van der Waals surface area contributed by atoms with Gasteiger partial charge in [-0.15, -0.1) is 0 Å². The number of aromatic amines is 1. The minimum atomic E-state index is -3.43. The van der Waals surface area contributed by atoms with E-state index in [0.717, 1.165) is 6.26 Å². The van der Waals surface area contributed by atoms with Crippen molar-refractivity contribution in [2.75, 3.05) is 30.5 Å². The van der Waals surface area contributed by atoms with Crippen molar-refractivity contribution in [3.8, 4) is 17.1 Å². The number of nitrogens with one attached hydrogen (secondary N) is 3. The number of benzene rings is 2. The van der Waals surface area contributed by atoms with Crippen molar-refractivity contribution in [2.45, 2.75) is 5.92 Å². The van der Waals surface area contributed by atoms with Gasteiger partial charge >= 0.3 is 5.97 Å². The second-order valence-corrected chi connectivity index (χ2v) is 8.53. The highest BCUT2D eigenvalue weighted by molar-refractivity contribution is 7.92. The molecule has 1 aliphatic rings. The Balaban J connectivity index is 1.77. The van der Waals surface area contributed by atoms with Crippen LogP contribution in [0.2, 0.25) is 0 Å². The third-order valence-corrected chi connectivity index (χ3v) is 5.29. The van der Waals surface area contributed by atoms with Crippen molar-refractivity contribution < 1.29 is 27.5 Å². The summed E-state index contributed by atoms with van der Waals surface area (Å²) in [6.45, 7) is 0. The maximum atomic E-state index is 12.1. The van der Waals surface area contributed by atoms with Crippen molar-refractivity contribution in [2.24, 2.45) is 0 Å². The number of esters is 1. The second kappa shape index (κ2) is 7.02. The summed E-state index contributed by atoms with van der Waals surface area (Å²) >= 11 is 0. The lowest BCUT2D eigenvalue weighted by Crippen LogP contribution is -2.21. The predicted octanol–water partition coefficient (Wildman–Crippen LogP) is 1.82. The summed E-state index contributed by atoms with van der Waals surface area (Å²) in [4.78, 5) is 31.8. The van der Waals surface area contributed by atoms with Gasteiger partial charge in [-0.05, 0) is 24.3 Å². The number of carbonyl (C=O) groups excluding carboxylic acids is 2. The van der Waals surface area contributed by atoms with Crippen molar-refractivity contribution in [1.29, 1.82) is 0 Å². The lowest BCUT2D eigenvalue weighted by atomic mass is 10.0. The molecule has 0 spiro atoms. The Morgan fingerprint density at radius 3 is 2.63 bits per heavy atom. The number of imidazole rings is 1. The number of sulfonamides is 1. The van der Waals surface area contributed by atoms with Crippen molar-refractivity contribution in [3.63, 3.8) is 0 Å². The Morgan fingerprint density at radius 1 is 1.20 bits per heavy atom. The molecule has 2 heterocycles. The Morgan fingerprint density at radius 2 is 1.97 bits per heavy atom. The topological polar surface area (TPSA) is 139 Å². The highest BCUT2D eigenvalue weighted by Gasteiger charge is 2.38. The van der Waals surface area contributed by atoms with Gasteiger partial charge in [-0.1, -0.05) is 0 Å². The zero-order valence-electron chi connectivity index (χ0n) is 16.3. The van der Waals surface area contributed by atoms with Crippen LogP contribution in [0.5, 0.6) is 5.75 Å². The molecule has 30 heavy (non-hydrogen) atoms. The van der Waals surface area contributed by atoms with Crippen LogP contribution in [0.1, 0.15) is 11.5 Å². The van der Waals surface area contributed by atoms with Crippen LogP contribution in [-0.2, 0) is 24.3 Å². The van der Waals surface area contributed by atoms with Crippen molar-refractivity contribution >= 4 is 44.3 Å². The molecule has 2 aromatic carbocycles. The van der Waals surface area contributed by atoms with Crippen LogP contribution in [-0.4, -0.2) is 50.7 Å². The maximum absolute atomic E-state index is 12.1. The van der Waals surface area contributed by atoms with Gasteiger partial charge < -0.3 is 19.8 Å². The standard InChI is InChI=1S/C19H18N4O6S/c1-28-15-6-9(23-30(3,26)27)4-5-10(15)17-20-13-7-11-12(8-14(13)21-17)22-18(24)16(11)19(25)29-2/h4-8,16,23H,1-3H3,(H,20,21)(H,22,24). The quantitative estimate of drug-likeness (QED) is 0.414. The van der Waals surface area contributed by atoms with E-state index in [1.54, 1.807) is 30.3 Å². The Hall–Kier alpha value is -3.60. The average molecular weight is 430 g/mol. The van der Waals surface area contributed by atoms with Gasteiger partial charge in [0, 0.05) is 17.3 Å².